The minimum atomic E-state index is 0.0792. The van der Waals surface area contributed by atoms with Crippen molar-refractivity contribution in [1.29, 1.82) is 0 Å². The number of hydrogen-bond acceptors (Lipinski definition) is 3. The third-order valence-corrected chi connectivity index (χ3v) is 3.31. The van der Waals surface area contributed by atoms with Gasteiger partial charge in [-0.3, -0.25) is 4.99 Å². The lowest BCUT2D eigenvalue weighted by Crippen LogP contribution is -2.35. The Morgan fingerprint density at radius 2 is 2.25 bits per heavy atom. The van der Waals surface area contributed by atoms with Gasteiger partial charge in [-0.1, -0.05) is 35.3 Å². The van der Waals surface area contributed by atoms with Crippen molar-refractivity contribution < 1.29 is 0 Å². The molecular weight excluding hydrogens is 245 g/mol. The van der Waals surface area contributed by atoms with E-state index in [1.807, 2.05) is 19.1 Å². The predicted molar refractivity (Wildman–Crippen MR) is 68.3 cm³/mol. The topological polar surface area (TPSA) is 36.4 Å². The van der Waals surface area contributed by atoms with E-state index < -0.39 is 0 Å². The molecule has 0 saturated carbocycles. The third kappa shape index (κ3) is 2.42. The normalized spacial score (nSPS) is 16.6. The van der Waals surface area contributed by atoms with Crippen LogP contribution < -0.4 is 10.6 Å². The van der Waals surface area contributed by atoms with Gasteiger partial charge in [0.2, 0.25) is 0 Å². The van der Waals surface area contributed by atoms with Crippen molar-refractivity contribution in [3.8, 4) is 0 Å². The monoisotopic (exact) mass is 257 g/mol. The van der Waals surface area contributed by atoms with Crippen molar-refractivity contribution in [3.05, 3.63) is 33.8 Å². The van der Waals surface area contributed by atoms with Crippen LogP contribution in [0, 0.1) is 0 Å². The van der Waals surface area contributed by atoms with Gasteiger partial charge in [0.15, 0.2) is 5.96 Å². The molecule has 1 aliphatic heterocycles. The number of hydrogen-bond donors (Lipinski definition) is 2. The molecule has 0 bridgehead atoms. The highest BCUT2D eigenvalue weighted by Gasteiger charge is 2.14. The van der Waals surface area contributed by atoms with Gasteiger partial charge in [0.05, 0.1) is 22.6 Å². The Balaban J connectivity index is 2.14. The zero-order chi connectivity index (χ0) is 11.5. The molecule has 0 amide bonds. The third-order valence-electron chi connectivity index (χ3n) is 2.48. The van der Waals surface area contributed by atoms with Crippen LogP contribution in [0.2, 0.25) is 10.0 Å². The van der Waals surface area contributed by atoms with Gasteiger partial charge in [-0.05, 0) is 18.6 Å². The Bertz CT molecular complexity index is 418. The first-order chi connectivity index (χ1) is 7.68. The Morgan fingerprint density at radius 3 is 2.94 bits per heavy atom. The van der Waals surface area contributed by atoms with Crippen LogP contribution in [0.15, 0.2) is 23.2 Å². The number of guanidine groups is 1. The van der Waals surface area contributed by atoms with E-state index in [0.29, 0.717) is 10.0 Å². The molecule has 5 heteroatoms. The van der Waals surface area contributed by atoms with Gasteiger partial charge in [0, 0.05) is 6.54 Å². The van der Waals surface area contributed by atoms with E-state index in [0.717, 1.165) is 24.6 Å². The lowest BCUT2D eigenvalue weighted by atomic mass is 10.1. The summed E-state index contributed by atoms with van der Waals surface area (Å²) >= 11 is 12.1. The summed E-state index contributed by atoms with van der Waals surface area (Å²) < 4.78 is 0. The molecule has 16 heavy (non-hydrogen) atoms. The van der Waals surface area contributed by atoms with Crippen LogP contribution in [-0.4, -0.2) is 19.0 Å². The number of halogens is 2. The van der Waals surface area contributed by atoms with Crippen LogP contribution in [0.25, 0.3) is 0 Å². The number of rotatable bonds is 2. The first-order valence-electron chi connectivity index (χ1n) is 5.17. The summed E-state index contributed by atoms with van der Waals surface area (Å²) in [5.41, 5.74) is 0.977. The standard InChI is InChI=1S/C11H13Cl2N3/c1-7(16-11-14-5-6-15-11)8-3-2-4-9(12)10(8)13/h2-4,7H,5-6H2,1H3,(H2,14,15,16). The van der Waals surface area contributed by atoms with E-state index >= 15 is 0 Å². The van der Waals surface area contributed by atoms with Crippen molar-refractivity contribution in [3.63, 3.8) is 0 Å². The molecule has 0 aromatic heterocycles. The summed E-state index contributed by atoms with van der Waals surface area (Å²) in [6.07, 6.45) is 0. The van der Waals surface area contributed by atoms with Crippen molar-refractivity contribution in [2.24, 2.45) is 4.99 Å². The summed E-state index contributed by atoms with van der Waals surface area (Å²) in [5.74, 6) is 0.823. The van der Waals surface area contributed by atoms with E-state index in [9.17, 15) is 0 Å². The quantitative estimate of drug-likeness (QED) is 0.855. The number of benzene rings is 1. The molecule has 0 fully saturated rings. The fourth-order valence-corrected chi connectivity index (χ4v) is 2.10. The number of aliphatic imine (C=N–C) groups is 1. The first-order valence-corrected chi connectivity index (χ1v) is 5.93. The maximum atomic E-state index is 6.14. The summed E-state index contributed by atoms with van der Waals surface area (Å²) in [5, 5.41) is 7.59. The Hall–Kier alpha value is -0.930. The van der Waals surface area contributed by atoms with Gasteiger partial charge < -0.3 is 10.6 Å². The van der Waals surface area contributed by atoms with Crippen LogP contribution in [-0.2, 0) is 0 Å². The van der Waals surface area contributed by atoms with E-state index in [4.69, 9.17) is 23.2 Å². The van der Waals surface area contributed by atoms with Gasteiger partial charge in [-0.15, -0.1) is 0 Å². The zero-order valence-electron chi connectivity index (χ0n) is 8.93. The smallest absolute Gasteiger partial charge is 0.191 e. The molecule has 1 aliphatic rings. The molecule has 1 aromatic rings. The number of nitrogens with one attached hydrogen (secondary N) is 2. The maximum Gasteiger partial charge on any atom is 0.191 e. The Morgan fingerprint density at radius 1 is 1.44 bits per heavy atom. The molecular formula is C11H13Cl2N3. The van der Waals surface area contributed by atoms with Gasteiger partial charge >= 0.3 is 0 Å². The molecule has 2 rings (SSSR count). The molecule has 2 N–H and O–H groups in total. The SMILES string of the molecule is CC(NC1=NCCN1)c1cccc(Cl)c1Cl. The predicted octanol–water partition coefficient (Wildman–Crippen LogP) is 2.60. The molecule has 1 unspecified atom stereocenters. The van der Waals surface area contributed by atoms with Crippen LogP contribution >= 0.6 is 23.2 Å². The Labute approximate surface area is 105 Å². The minimum absolute atomic E-state index is 0.0792. The number of nitrogens with zero attached hydrogens (tertiary/aromatic N) is 1. The second-order valence-electron chi connectivity index (χ2n) is 3.67. The first kappa shape index (κ1) is 11.6. The van der Waals surface area contributed by atoms with Crippen molar-refractivity contribution in [1.82, 2.24) is 10.6 Å². The van der Waals surface area contributed by atoms with Crippen LogP contribution in [0.1, 0.15) is 18.5 Å². The second-order valence-corrected chi connectivity index (χ2v) is 4.45. The second kappa shape index (κ2) is 4.93. The zero-order valence-corrected chi connectivity index (χ0v) is 10.4. The van der Waals surface area contributed by atoms with Gasteiger partial charge in [-0.2, -0.15) is 0 Å². The van der Waals surface area contributed by atoms with Crippen LogP contribution in [0.5, 0.6) is 0 Å². The van der Waals surface area contributed by atoms with E-state index in [1.54, 1.807) is 6.07 Å². The fraction of sp³-hybridized carbons (Fsp3) is 0.364. The van der Waals surface area contributed by atoms with Crippen LogP contribution in [0.4, 0.5) is 0 Å². The summed E-state index contributed by atoms with van der Waals surface area (Å²) in [6, 6.07) is 5.72. The molecule has 1 aromatic carbocycles. The molecule has 86 valence electrons. The highest BCUT2D eigenvalue weighted by molar-refractivity contribution is 6.42. The molecule has 3 nitrogen and oxygen atoms in total. The minimum Gasteiger partial charge on any atom is -0.355 e. The molecule has 0 saturated heterocycles. The highest BCUT2D eigenvalue weighted by atomic mass is 35.5. The molecule has 0 radical (unpaired) electrons. The van der Waals surface area contributed by atoms with E-state index in [1.165, 1.54) is 0 Å². The molecule has 1 atom stereocenters. The van der Waals surface area contributed by atoms with Crippen molar-refractivity contribution in [2.45, 2.75) is 13.0 Å². The van der Waals surface area contributed by atoms with E-state index in [2.05, 4.69) is 15.6 Å². The summed E-state index contributed by atoms with van der Waals surface area (Å²) in [7, 11) is 0. The maximum absolute atomic E-state index is 6.14. The summed E-state index contributed by atoms with van der Waals surface area (Å²) in [6.45, 7) is 3.73. The van der Waals surface area contributed by atoms with Gasteiger partial charge in [-0.25, -0.2) is 0 Å². The average molecular weight is 258 g/mol. The fourth-order valence-electron chi connectivity index (χ4n) is 1.63. The molecule has 1 heterocycles. The van der Waals surface area contributed by atoms with Gasteiger partial charge in [0.25, 0.3) is 0 Å². The van der Waals surface area contributed by atoms with Crippen LogP contribution in [0.3, 0.4) is 0 Å². The Kier molecular flexibility index (Phi) is 3.56. The summed E-state index contributed by atoms with van der Waals surface area (Å²) in [4.78, 5) is 4.27. The van der Waals surface area contributed by atoms with Crippen molar-refractivity contribution >= 4 is 29.2 Å². The van der Waals surface area contributed by atoms with E-state index in [-0.39, 0.29) is 6.04 Å². The van der Waals surface area contributed by atoms with Gasteiger partial charge in [0.1, 0.15) is 0 Å². The largest absolute Gasteiger partial charge is 0.355 e. The highest BCUT2D eigenvalue weighted by Crippen LogP contribution is 2.29. The average Bonchev–Trinajstić information content (AvgIpc) is 2.74. The molecule has 0 spiro atoms. The lowest BCUT2D eigenvalue weighted by molar-refractivity contribution is 0.702. The lowest BCUT2D eigenvalue weighted by Gasteiger charge is -2.17. The van der Waals surface area contributed by atoms with Crippen molar-refractivity contribution in [2.75, 3.05) is 13.1 Å². The molecule has 0 aliphatic carbocycles.